The maximum atomic E-state index is 9.85. The molecule has 2 aromatic carbocycles. The zero-order valence-corrected chi connectivity index (χ0v) is 24.7. The molecule has 0 fully saturated rings. The smallest absolute Gasteiger partial charge is 0.218 e. The second kappa shape index (κ2) is 11.9. The van der Waals surface area contributed by atoms with Gasteiger partial charge in [-0.05, 0) is 50.1 Å². The van der Waals surface area contributed by atoms with Crippen molar-refractivity contribution in [1.29, 1.82) is 0 Å². The maximum Gasteiger partial charge on any atom is 0.218 e. The highest BCUT2D eigenvalue weighted by molar-refractivity contribution is 6.39. The predicted octanol–water partition coefficient (Wildman–Crippen LogP) is 7.38. The molecule has 3 heterocycles. The topological polar surface area (TPSA) is 67.7 Å². The number of fused-ring (bicyclic) bond motifs is 1. The van der Waals surface area contributed by atoms with Crippen molar-refractivity contribution in [2.75, 3.05) is 27.3 Å². The van der Waals surface area contributed by atoms with Gasteiger partial charge in [0.2, 0.25) is 5.88 Å². The van der Waals surface area contributed by atoms with Crippen LogP contribution in [0.2, 0.25) is 15.1 Å². The van der Waals surface area contributed by atoms with Gasteiger partial charge in [-0.25, -0.2) is 4.98 Å². The first kappa shape index (κ1) is 28.7. The quantitative estimate of drug-likeness (QED) is 0.240. The van der Waals surface area contributed by atoms with Crippen LogP contribution in [0.3, 0.4) is 0 Å². The number of methoxy groups -OCH3 is 2. The molecule has 207 valence electrons. The van der Waals surface area contributed by atoms with Gasteiger partial charge in [0.25, 0.3) is 0 Å². The van der Waals surface area contributed by atoms with Gasteiger partial charge in [-0.15, -0.1) is 0 Å². The van der Waals surface area contributed by atoms with Gasteiger partial charge in [-0.3, -0.25) is 9.88 Å². The second-order valence-corrected chi connectivity index (χ2v) is 11.0. The summed E-state index contributed by atoms with van der Waals surface area (Å²) >= 11 is 20.4. The Balaban J connectivity index is 1.56. The van der Waals surface area contributed by atoms with E-state index in [1.807, 2.05) is 30.3 Å². The molecule has 1 atom stereocenters. The van der Waals surface area contributed by atoms with E-state index in [1.165, 1.54) is 12.7 Å². The van der Waals surface area contributed by atoms with Crippen LogP contribution in [0.4, 0.5) is 0 Å². The van der Waals surface area contributed by atoms with Gasteiger partial charge in [0.05, 0.1) is 46.8 Å². The molecular formula is C31H29Cl3N3O3. The summed E-state index contributed by atoms with van der Waals surface area (Å²) in [6.07, 6.45) is 2.18. The Morgan fingerprint density at radius 1 is 1.02 bits per heavy atom. The van der Waals surface area contributed by atoms with Crippen molar-refractivity contribution in [3.63, 3.8) is 0 Å². The number of hydrogen-bond donors (Lipinski definition) is 1. The van der Waals surface area contributed by atoms with E-state index in [2.05, 4.69) is 27.9 Å². The predicted molar refractivity (Wildman–Crippen MR) is 162 cm³/mol. The minimum absolute atomic E-state index is 0.337. The normalized spacial score (nSPS) is 14.1. The van der Waals surface area contributed by atoms with Crippen molar-refractivity contribution in [3.8, 4) is 45.3 Å². The van der Waals surface area contributed by atoms with E-state index in [0.29, 0.717) is 56.6 Å². The monoisotopic (exact) mass is 596 g/mol. The molecule has 0 unspecified atom stereocenters. The van der Waals surface area contributed by atoms with E-state index in [-0.39, 0.29) is 6.10 Å². The fraction of sp³-hybridized carbons (Fsp3) is 0.258. The van der Waals surface area contributed by atoms with Crippen LogP contribution in [0.5, 0.6) is 11.6 Å². The largest absolute Gasteiger partial charge is 0.496 e. The van der Waals surface area contributed by atoms with E-state index >= 15 is 0 Å². The number of pyridine rings is 2. The number of rotatable bonds is 7. The molecule has 0 aliphatic carbocycles. The van der Waals surface area contributed by atoms with Crippen molar-refractivity contribution in [1.82, 2.24) is 14.9 Å². The molecule has 0 amide bonds. The fourth-order valence-electron chi connectivity index (χ4n) is 5.15. The summed E-state index contributed by atoms with van der Waals surface area (Å²) in [5.41, 5.74) is 7.05. The van der Waals surface area contributed by atoms with Gasteiger partial charge in [0.1, 0.15) is 5.75 Å². The molecule has 1 N–H and O–H groups in total. The van der Waals surface area contributed by atoms with Crippen LogP contribution < -0.4 is 9.47 Å². The molecule has 6 nitrogen and oxygen atoms in total. The lowest BCUT2D eigenvalue weighted by atomic mass is 9.93. The Kier molecular flexibility index (Phi) is 8.55. The van der Waals surface area contributed by atoms with Gasteiger partial charge in [0.15, 0.2) is 0 Å². The third kappa shape index (κ3) is 5.52. The standard InChI is InChI=1S/C31H29Cl3N3O3/c1-17(38)15-37-11-9-19-12-20(13-27(39-3)24(19)16-37)30-29(34)22(8-10-35-30)21-6-5-7-23(28(21)33)26-14-25(32)18(2)31(36-26)40-4/h5-8,10,12-14,17,38H,2,9,11,15-16H2,1,3-4H3/t17-/m1/s1. The van der Waals surface area contributed by atoms with E-state index in [0.717, 1.165) is 41.0 Å². The molecule has 40 heavy (non-hydrogen) atoms. The summed E-state index contributed by atoms with van der Waals surface area (Å²) in [7, 11) is 3.19. The Morgan fingerprint density at radius 3 is 2.50 bits per heavy atom. The molecule has 4 aromatic rings. The van der Waals surface area contributed by atoms with E-state index < -0.39 is 0 Å². The highest BCUT2D eigenvalue weighted by Gasteiger charge is 2.24. The van der Waals surface area contributed by atoms with Crippen LogP contribution in [-0.4, -0.2) is 53.4 Å². The Labute approximate surface area is 249 Å². The Hall–Kier alpha value is -2.87. The fourth-order valence-corrected chi connectivity index (χ4v) is 5.98. The highest BCUT2D eigenvalue weighted by atomic mass is 35.5. The lowest BCUT2D eigenvalue weighted by Gasteiger charge is -2.31. The van der Waals surface area contributed by atoms with Crippen molar-refractivity contribution in [2.45, 2.75) is 26.0 Å². The molecular weight excluding hydrogens is 569 g/mol. The molecule has 1 radical (unpaired) electrons. The summed E-state index contributed by atoms with van der Waals surface area (Å²) in [6, 6.07) is 13.4. The number of β-amino-alcohol motifs (C(OH)–C–C–N with tert-alkyl or cyclic N) is 1. The molecule has 0 saturated carbocycles. The van der Waals surface area contributed by atoms with Crippen LogP contribution in [0.25, 0.3) is 33.6 Å². The summed E-state index contributed by atoms with van der Waals surface area (Å²) in [5.74, 6) is 1.11. The first-order valence-electron chi connectivity index (χ1n) is 12.8. The maximum absolute atomic E-state index is 9.85. The number of aromatic nitrogens is 2. The van der Waals surface area contributed by atoms with Gasteiger partial charge < -0.3 is 14.6 Å². The summed E-state index contributed by atoms with van der Waals surface area (Å²) in [6.45, 7) is 7.91. The highest BCUT2D eigenvalue weighted by Crippen LogP contribution is 2.43. The van der Waals surface area contributed by atoms with Crippen molar-refractivity contribution in [3.05, 3.63) is 87.3 Å². The van der Waals surface area contributed by atoms with Crippen molar-refractivity contribution >= 4 is 34.8 Å². The molecule has 1 aliphatic heterocycles. The Bertz CT molecular complexity index is 1560. The number of aliphatic hydroxyl groups excluding tert-OH is 1. The SMILES string of the molecule is [CH2]c1c(Cl)cc(-c2cccc(-c3ccnc(-c4cc5c(c(OC)c4)CN(C[C@@H](C)O)CC5)c3Cl)c2Cl)nc1OC. The molecule has 0 saturated heterocycles. The average molecular weight is 598 g/mol. The second-order valence-electron chi connectivity index (χ2n) is 9.82. The molecule has 5 rings (SSSR count). The number of benzene rings is 2. The average Bonchev–Trinajstić information content (AvgIpc) is 2.94. The summed E-state index contributed by atoms with van der Waals surface area (Å²) in [4.78, 5) is 11.4. The third-order valence-corrected chi connectivity index (χ3v) is 8.20. The van der Waals surface area contributed by atoms with Crippen LogP contribution in [0, 0.1) is 6.92 Å². The minimum Gasteiger partial charge on any atom is -0.496 e. The minimum atomic E-state index is -0.388. The van der Waals surface area contributed by atoms with Crippen molar-refractivity contribution < 1.29 is 14.6 Å². The zero-order valence-electron chi connectivity index (χ0n) is 22.5. The van der Waals surface area contributed by atoms with Gasteiger partial charge in [0, 0.05) is 59.2 Å². The number of ether oxygens (including phenoxy) is 2. The molecule has 0 spiro atoms. The van der Waals surface area contributed by atoms with Crippen molar-refractivity contribution in [2.24, 2.45) is 0 Å². The third-order valence-electron chi connectivity index (χ3n) is 7.08. The van der Waals surface area contributed by atoms with Crippen LogP contribution in [0.1, 0.15) is 23.6 Å². The zero-order chi connectivity index (χ0) is 28.6. The molecule has 1 aliphatic rings. The molecule has 9 heteroatoms. The van der Waals surface area contributed by atoms with Crippen LogP contribution in [-0.2, 0) is 13.0 Å². The number of nitrogens with zero attached hydrogens (tertiary/aromatic N) is 3. The number of halogens is 3. The van der Waals surface area contributed by atoms with Gasteiger partial charge in [-0.1, -0.05) is 53.0 Å². The summed E-state index contributed by atoms with van der Waals surface area (Å²) in [5, 5.41) is 11.2. The molecule has 0 bridgehead atoms. The lowest BCUT2D eigenvalue weighted by Crippen LogP contribution is -2.35. The Morgan fingerprint density at radius 2 is 1.77 bits per heavy atom. The number of aliphatic hydroxyl groups is 1. The van der Waals surface area contributed by atoms with Crippen LogP contribution >= 0.6 is 34.8 Å². The number of hydrogen-bond acceptors (Lipinski definition) is 6. The van der Waals surface area contributed by atoms with E-state index in [1.54, 1.807) is 26.3 Å². The van der Waals surface area contributed by atoms with E-state index in [9.17, 15) is 5.11 Å². The first-order valence-corrected chi connectivity index (χ1v) is 14.0. The van der Waals surface area contributed by atoms with Gasteiger partial charge >= 0.3 is 0 Å². The lowest BCUT2D eigenvalue weighted by molar-refractivity contribution is 0.118. The van der Waals surface area contributed by atoms with E-state index in [4.69, 9.17) is 44.3 Å². The first-order chi connectivity index (χ1) is 19.2. The summed E-state index contributed by atoms with van der Waals surface area (Å²) < 4.78 is 11.1. The molecule has 2 aromatic heterocycles. The van der Waals surface area contributed by atoms with Crippen LogP contribution in [0.15, 0.2) is 48.7 Å². The van der Waals surface area contributed by atoms with Gasteiger partial charge in [-0.2, -0.15) is 0 Å².